The van der Waals surface area contributed by atoms with Crippen LogP contribution < -0.4 is 15.4 Å². The summed E-state index contributed by atoms with van der Waals surface area (Å²) in [4.78, 5) is 11.9. The topological polar surface area (TPSA) is 50.4 Å². The third kappa shape index (κ3) is 4.08. The summed E-state index contributed by atoms with van der Waals surface area (Å²) in [5, 5.41) is 5.71. The van der Waals surface area contributed by atoms with Gasteiger partial charge in [-0.3, -0.25) is 4.79 Å². The quantitative estimate of drug-likeness (QED) is 0.878. The summed E-state index contributed by atoms with van der Waals surface area (Å²) in [5.41, 5.74) is 0.211. The molecular formula is C16H22F2N2O2. The highest BCUT2D eigenvalue weighted by molar-refractivity contribution is 5.81. The molecule has 0 unspecified atom stereocenters. The van der Waals surface area contributed by atoms with Crippen molar-refractivity contribution in [2.75, 3.05) is 19.0 Å². The Labute approximate surface area is 129 Å². The third-order valence-electron chi connectivity index (χ3n) is 4.11. The summed E-state index contributed by atoms with van der Waals surface area (Å²) >= 11 is 0. The molecule has 0 radical (unpaired) electrons. The maximum absolute atomic E-state index is 13.6. The molecule has 0 spiro atoms. The van der Waals surface area contributed by atoms with Gasteiger partial charge in [0.15, 0.2) is 17.4 Å². The van der Waals surface area contributed by atoms with Crippen LogP contribution in [-0.2, 0) is 4.79 Å². The molecule has 2 N–H and O–H groups in total. The van der Waals surface area contributed by atoms with E-state index in [1.54, 1.807) is 0 Å². The fourth-order valence-corrected chi connectivity index (χ4v) is 2.83. The molecule has 1 aromatic carbocycles. The number of rotatable bonds is 5. The van der Waals surface area contributed by atoms with Gasteiger partial charge in [0.1, 0.15) is 0 Å². The maximum Gasteiger partial charge on any atom is 0.239 e. The van der Waals surface area contributed by atoms with Crippen molar-refractivity contribution in [3.05, 3.63) is 23.8 Å². The normalized spacial score (nSPS) is 21.3. The number of hydrogen-bond acceptors (Lipinski definition) is 3. The lowest BCUT2D eigenvalue weighted by Crippen LogP contribution is -2.43. The van der Waals surface area contributed by atoms with E-state index in [-0.39, 0.29) is 24.2 Å². The molecule has 0 heterocycles. The molecule has 1 aromatic rings. The first-order valence-corrected chi connectivity index (χ1v) is 7.57. The van der Waals surface area contributed by atoms with Gasteiger partial charge in [-0.25, -0.2) is 8.78 Å². The van der Waals surface area contributed by atoms with Crippen molar-refractivity contribution in [3.63, 3.8) is 0 Å². The molecular weight excluding hydrogens is 290 g/mol. The lowest BCUT2D eigenvalue weighted by atomic mass is 9.86. The van der Waals surface area contributed by atoms with Gasteiger partial charge in [0.2, 0.25) is 5.91 Å². The molecule has 2 rings (SSSR count). The van der Waals surface area contributed by atoms with Crippen LogP contribution in [0.1, 0.15) is 32.6 Å². The Morgan fingerprint density at radius 2 is 1.91 bits per heavy atom. The maximum atomic E-state index is 13.6. The predicted molar refractivity (Wildman–Crippen MR) is 81.0 cm³/mol. The Kier molecular flexibility index (Phi) is 5.57. The molecule has 1 amide bonds. The number of ether oxygens (including phenoxy) is 1. The monoisotopic (exact) mass is 312 g/mol. The van der Waals surface area contributed by atoms with Crippen molar-refractivity contribution in [1.29, 1.82) is 0 Å². The highest BCUT2D eigenvalue weighted by atomic mass is 19.1. The van der Waals surface area contributed by atoms with Crippen LogP contribution in [0.5, 0.6) is 5.75 Å². The second-order valence-electron chi connectivity index (χ2n) is 5.76. The van der Waals surface area contributed by atoms with Gasteiger partial charge in [-0.2, -0.15) is 0 Å². The molecule has 1 fully saturated rings. The molecule has 22 heavy (non-hydrogen) atoms. The van der Waals surface area contributed by atoms with E-state index in [1.165, 1.54) is 13.5 Å². The Morgan fingerprint density at radius 1 is 1.27 bits per heavy atom. The second kappa shape index (κ2) is 7.42. The number of amides is 1. The highest BCUT2D eigenvalue weighted by Gasteiger charge is 2.22. The largest absolute Gasteiger partial charge is 0.491 e. The van der Waals surface area contributed by atoms with Crippen molar-refractivity contribution in [3.8, 4) is 5.75 Å². The average molecular weight is 312 g/mol. The Hall–Kier alpha value is -1.85. The van der Waals surface area contributed by atoms with E-state index in [4.69, 9.17) is 0 Å². The van der Waals surface area contributed by atoms with E-state index in [0.717, 1.165) is 31.4 Å². The number of nitrogens with one attached hydrogen (secondary N) is 2. The summed E-state index contributed by atoms with van der Waals surface area (Å²) in [6.07, 6.45) is 4.43. The van der Waals surface area contributed by atoms with Crippen molar-refractivity contribution in [2.24, 2.45) is 5.92 Å². The van der Waals surface area contributed by atoms with Crippen LogP contribution >= 0.6 is 0 Å². The molecule has 1 aliphatic rings. The van der Waals surface area contributed by atoms with Gasteiger partial charge < -0.3 is 15.4 Å². The number of hydrogen-bond donors (Lipinski definition) is 2. The average Bonchev–Trinajstić information content (AvgIpc) is 2.47. The molecule has 0 aliphatic heterocycles. The first-order valence-electron chi connectivity index (χ1n) is 7.57. The van der Waals surface area contributed by atoms with Gasteiger partial charge in [-0.1, -0.05) is 19.8 Å². The summed E-state index contributed by atoms with van der Waals surface area (Å²) in [6.45, 7) is 2.11. The molecule has 0 bridgehead atoms. The van der Waals surface area contributed by atoms with E-state index < -0.39 is 17.4 Å². The third-order valence-corrected chi connectivity index (χ3v) is 4.11. The van der Waals surface area contributed by atoms with E-state index in [2.05, 4.69) is 22.3 Å². The van der Waals surface area contributed by atoms with E-state index in [0.29, 0.717) is 5.92 Å². The van der Waals surface area contributed by atoms with Gasteiger partial charge in [0, 0.05) is 23.9 Å². The van der Waals surface area contributed by atoms with Gasteiger partial charge in [0.05, 0.1) is 13.7 Å². The summed E-state index contributed by atoms with van der Waals surface area (Å²) < 4.78 is 31.7. The molecule has 1 aliphatic carbocycles. The molecule has 4 nitrogen and oxygen atoms in total. The van der Waals surface area contributed by atoms with E-state index >= 15 is 0 Å². The van der Waals surface area contributed by atoms with Gasteiger partial charge >= 0.3 is 0 Å². The molecule has 1 saturated carbocycles. The number of benzene rings is 1. The number of carbonyl (C=O) groups is 1. The van der Waals surface area contributed by atoms with E-state index in [1.807, 2.05) is 0 Å². The minimum Gasteiger partial charge on any atom is -0.491 e. The molecule has 0 saturated heterocycles. The fraction of sp³-hybridized carbons (Fsp3) is 0.562. The lowest BCUT2D eigenvalue weighted by Gasteiger charge is -2.29. The highest BCUT2D eigenvalue weighted by Crippen LogP contribution is 2.25. The summed E-state index contributed by atoms with van der Waals surface area (Å²) in [5.74, 6) is -1.73. The molecule has 2 atom stereocenters. The zero-order chi connectivity index (χ0) is 16.1. The summed E-state index contributed by atoms with van der Waals surface area (Å²) in [6, 6.07) is 2.41. The SMILES string of the molecule is COc1c(F)cc(NCC(=O)N[C@H]2CCCC[C@H]2C)cc1F. The molecule has 0 aromatic heterocycles. The Balaban J connectivity index is 1.88. The Morgan fingerprint density at radius 3 is 2.50 bits per heavy atom. The van der Waals surface area contributed by atoms with Gasteiger partial charge in [-0.15, -0.1) is 0 Å². The van der Waals surface area contributed by atoms with Crippen LogP contribution in [0.25, 0.3) is 0 Å². The first kappa shape index (κ1) is 16.5. The van der Waals surface area contributed by atoms with Crippen molar-refractivity contribution in [2.45, 2.75) is 38.6 Å². The van der Waals surface area contributed by atoms with Crippen LogP contribution in [0.2, 0.25) is 0 Å². The smallest absolute Gasteiger partial charge is 0.239 e. The minimum atomic E-state index is -0.800. The van der Waals surface area contributed by atoms with Crippen LogP contribution in [0, 0.1) is 17.6 Å². The van der Waals surface area contributed by atoms with E-state index in [9.17, 15) is 13.6 Å². The molecule has 122 valence electrons. The predicted octanol–water partition coefficient (Wildman–Crippen LogP) is 3.08. The second-order valence-corrected chi connectivity index (χ2v) is 5.76. The first-order chi connectivity index (χ1) is 10.5. The number of methoxy groups -OCH3 is 1. The van der Waals surface area contributed by atoms with Crippen molar-refractivity contribution in [1.82, 2.24) is 5.32 Å². The number of anilines is 1. The molecule has 6 heteroatoms. The Bertz CT molecular complexity index is 514. The number of carbonyl (C=O) groups excluding carboxylic acids is 1. The van der Waals surface area contributed by atoms with Crippen molar-refractivity contribution >= 4 is 11.6 Å². The van der Waals surface area contributed by atoms with Crippen LogP contribution in [-0.4, -0.2) is 25.6 Å². The minimum absolute atomic E-state index is 0.0194. The van der Waals surface area contributed by atoms with Crippen LogP contribution in [0.15, 0.2) is 12.1 Å². The van der Waals surface area contributed by atoms with Gasteiger partial charge in [-0.05, 0) is 18.8 Å². The van der Waals surface area contributed by atoms with Crippen LogP contribution in [0.3, 0.4) is 0 Å². The van der Waals surface area contributed by atoms with Gasteiger partial charge in [0.25, 0.3) is 0 Å². The number of halogens is 2. The fourth-order valence-electron chi connectivity index (χ4n) is 2.83. The zero-order valence-corrected chi connectivity index (χ0v) is 12.9. The van der Waals surface area contributed by atoms with Crippen molar-refractivity contribution < 1.29 is 18.3 Å². The zero-order valence-electron chi connectivity index (χ0n) is 12.9. The lowest BCUT2D eigenvalue weighted by molar-refractivity contribution is -0.120. The summed E-state index contributed by atoms with van der Waals surface area (Å²) in [7, 11) is 1.20. The van der Waals surface area contributed by atoms with Crippen LogP contribution in [0.4, 0.5) is 14.5 Å². The standard InChI is InChI=1S/C16H22F2N2O2/c1-10-5-3-4-6-14(10)20-15(21)9-19-11-7-12(17)16(22-2)13(18)8-11/h7-8,10,14,19H,3-6,9H2,1-2H3,(H,20,21)/t10-,14+/m1/s1.